The molecule has 0 aliphatic rings. The van der Waals surface area contributed by atoms with Gasteiger partial charge in [0, 0.05) is 11.1 Å². The number of hydrogen-bond acceptors (Lipinski definition) is 5. The molecule has 0 aromatic heterocycles. The van der Waals surface area contributed by atoms with Crippen LogP contribution < -0.4 is 15.5 Å². The standard InChI is InChI=1S/C32H25N3O4/c1-21-13-15-24(16-14-21)32(38)39-29-18-17-23-8-3-5-11-26(23)28(29)19-34-35-30(36)20-33-31(37)27-12-6-9-22-7-2-4-10-25(22)27/h2-19H,20H2,1H3,(H,33,37)(H,35,36)/b34-19-. The minimum atomic E-state index is -0.502. The second-order valence-electron chi connectivity index (χ2n) is 8.96. The molecule has 0 radical (unpaired) electrons. The van der Waals surface area contributed by atoms with Crippen LogP contribution in [-0.4, -0.2) is 30.5 Å². The van der Waals surface area contributed by atoms with Gasteiger partial charge in [-0.3, -0.25) is 9.59 Å². The van der Waals surface area contributed by atoms with Gasteiger partial charge in [-0.25, -0.2) is 10.2 Å². The van der Waals surface area contributed by atoms with E-state index < -0.39 is 11.9 Å². The topological polar surface area (TPSA) is 96.9 Å². The maximum absolute atomic E-state index is 12.8. The summed E-state index contributed by atoms with van der Waals surface area (Å²) in [6.45, 7) is 1.68. The molecule has 0 atom stereocenters. The first kappa shape index (κ1) is 25.4. The number of hydrogen-bond donors (Lipinski definition) is 2. The third kappa shape index (κ3) is 5.83. The summed E-state index contributed by atoms with van der Waals surface area (Å²) in [6, 6.07) is 31.2. The molecule has 0 aliphatic heterocycles. The average Bonchev–Trinajstić information content (AvgIpc) is 2.96. The molecule has 0 bridgehead atoms. The van der Waals surface area contributed by atoms with E-state index in [1.165, 1.54) is 6.21 Å². The van der Waals surface area contributed by atoms with Gasteiger partial charge in [0.15, 0.2) is 0 Å². The van der Waals surface area contributed by atoms with Crippen LogP contribution in [-0.2, 0) is 4.79 Å². The maximum atomic E-state index is 12.8. The van der Waals surface area contributed by atoms with Gasteiger partial charge in [-0.1, -0.05) is 84.4 Å². The van der Waals surface area contributed by atoms with Crippen LogP contribution in [0.25, 0.3) is 21.5 Å². The predicted octanol–water partition coefficient (Wildman–Crippen LogP) is 5.40. The molecule has 2 amide bonds. The number of amides is 2. The van der Waals surface area contributed by atoms with Gasteiger partial charge >= 0.3 is 5.97 Å². The van der Waals surface area contributed by atoms with Crippen molar-refractivity contribution in [1.29, 1.82) is 0 Å². The van der Waals surface area contributed by atoms with Crippen LogP contribution in [0.15, 0.2) is 108 Å². The average molecular weight is 516 g/mol. The van der Waals surface area contributed by atoms with Crippen LogP contribution in [0.5, 0.6) is 5.75 Å². The molecule has 39 heavy (non-hydrogen) atoms. The molecule has 7 heteroatoms. The number of benzene rings is 5. The van der Waals surface area contributed by atoms with Crippen molar-refractivity contribution in [3.63, 3.8) is 0 Å². The molecular weight excluding hydrogens is 490 g/mol. The summed E-state index contributed by atoms with van der Waals surface area (Å²) in [5.41, 5.74) is 4.91. The lowest BCUT2D eigenvalue weighted by Crippen LogP contribution is -2.35. The number of nitrogens with zero attached hydrogens (tertiary/aromatic N) is 1. The molecule has 7 nitrogen and oxygen atoms in total. The molecule has 5 aromatic rings. The van der Waals surface area contributed by atoms with Crippen LogP contribution >= 0.6 is 0 Å². The molecular formula is C32H25N3O4. The van der Waals surface area contributed by atoms with E-state index in [1.807, 2.05) is 79.7 Å². The van der Waals surface area contributed by atoms with Crippen molar-refractivity contribution in [3.05, 3.63) is 125 Å². The minimum absolute atomic E-state index is 0.260. The van der Waals surface area contributed by atoms with Gasteiger partial charge in [0.05, 0.1) is 18.3 Å². The van der Waals surface area contributed by atoms with Crippen molar-refractivity contribution < 1.29 is 19.1 Å². The first-order valence-electron chi connectivity index (χ1n) is 12.4. The molecule has 0 saturated heterocycles. The molecule has 0 spiro atoms. The lowest BCUT2D eigenvalue weighted by atomic mass is 10.0. The Labute approximate surface area is 225 Å². The molecule has 5 rings (SSSR count). The van der Waals surface area contributed by atoms with Crippen molar-refractivity contribution in [3.8, 4) is 5.75 Å². The predicted molar refractivity (Wildman–Crippen MR) is 152 cm³/mol. The Morgan fingerprint density at radius 1 is 0.769 bits per heavy atom. The summed E-state index contributed by atoms with van der Waals surface area (Å²) in [5, 5.41) is 10.2. The lowest BCUT2D eigenvalue weighted by molar-refractivity contribution is -0.120. The number of hydrazone groups is 1. The number of rotatable bonds is 7. The number of nitrogens with one attached hydrogen (secondary N) is 2. The zero-order chi connectivity index (χ0) is 27.2. The highest BCUT2D eigenvalue weighted by Gasteiger charge is 2.14. The quantitative estimate of drug-likeness (QED) is 0.131. The molecule has 0 fully saturated rings. The van der Waals surface area contributed by atoms with E-state index >= 15 is 0 Å². The number of aryl methyl sites for hydroxylation is 1. The van der Waals surface area contributed by atoms with Crippen LogP contribution in [0.2, 0.25) is 0 Å². The van der Waals surface area contributed by atoms with Crippen molar-refractivity contribution in [2.45, 2.75) is 6.92 Å². The van der Waals surface area contributed by atoms with E-state index in [2.05, 4.69) is 15.8 Å². The summed E-state index contributed by atoms with van der Waals surface area (Å²) >= 11 is 0. The highest BCUT2D eigenvalue weighted by Crippen LogP contribution is 2.27. The Hall–Kier alpha value is -5.30. The Bertz CT molecular complexity index is 1720. The molecule has 2 N–H and O–H groups in total. The van der Waals surface area contributed by atoms with Crippen LogP contribution in [0.4, 0.5) is 0 Å². The number of fused-ring (bicyclic) bond motifs is 2. The van der Waals surface area contributed by atoms with Gasteiger partial charge in [0.1, 0.15) is 5.75 Å². The van der Waals surface area contributed by atoms with Gasteiger partial charge in [-0.05, 0) is 52.7 Å². The second kappa shape index (κ2) is 11.4. The van der Waals surface area contributed by atoms with Crippen molar-refractivity contribution in [2.75, 3.05) is 6.54 Å². The fourth-order valence-electron chi connectivity index (χ4n) is 4.23. The highest BCUT2D eigenvalue weighted by molar-refractivity contribution is 6.08. The van der Waals surface area contributed by atoms with Crippen LogP contribution in [0, 0.1) is 6.92 Å². The smallest absolute Gasteiger partial charge is 0.343 e. The van der Waals surface area contributed by atoms with Gasteiger partial charge in [-0.15, -0.1) is 0 Å². The fraction of sp³-hybridized carbons (Fsp3) is 0.0625. The molecule has 0 aliphatic carbocycles. The number of esters is 1. The first-order valence-corrected chi connectivity index (χ1v) is 12.4. The zero-order valence-corrected chi connectivity index (χ0v) is 21.2. The van der Waals surface area contributed by atoms with Crippen LogP contribution in [0.1, 0.15) is 31.8 Å². The van der Waals surface area contributed by atoms with E-state index in [1.54, 1.807) is 30.3 Å². The van der Waals surface area contributed by atoms with Crippen molar-refractivity contribution in [2.24, 2.45) is 5.10 Å². The first-order chi connectivity index (χ1) is 19.0. The van der Waals surface area contributed by atoms with Crippen molar-refractivity contribution >= 4 is 45.5 Å². The van der Waals surface area contributed by atoms with Crippen LogP contribution in [0.3, 0.4) is 0 Å². The summed E-state index contributed by atoms with van der Waals surface area (Å²) in [7, 11) is 0. The molecule has 192 valence electrons. The SMILES string of the molecule is Cc1ccc(C(=O)Oc2ccc3ccccc3c2/C=N\NC(=O)CNC(=O)c2cccc3ccccc23)cc1. The van der Waals surface area contributed by atoms with E-state index in [-0.39, 0.29) is 12.5 Å². The molecule has 0 heterocycles. The van der Waals surface area contributed by atoms with E-state index in [0.29, 0.717) is 22.4 Å². The summed E-state index contributed by atoms with van der Waals surface area (Å²) in [6.07, 6.45) is 1.44. The Morgan fingerprint density at radius 3 is 2.21 bits per heavy atom. The Morgan fingerprint density at radius 2 is 1.44 bits per heavy atom. The summed E-state index contributed by atoms with van der Waals surface area (Å²) < 4.78 is 5.70. The van der Waals surface area contributed by atoms with E-state index in [0.717, 1.165) is 27.1 Å². The summed E-state index contributed by atoms with van der Waals surface area (Å²) in [5.74, 6) is -1.05. The number of ether oxygens (including phenoxy) is 1. The Kier molecular flexibility index (Phi) is 7.41. The van der Waals surface area contributed by atoms with Gasteiger partial charge < -0.3 is 10.1 Å². The number of carbonyl (C=O) groups excluding carboxylic acids is 3. The van der Waals surface area contributed by atoms with Gasteiger partial charge in [-0.2, -0.15) is 5.10 Å². The minimum Gasteiger partial charge on any atom is -0.422 e. The fourth-order valence-corrected chi connectivity index (χ4v) is 4.23. The monoisotopic (exact) mass is 515 g/mol. The van der Waals surface area contributed by atoms with E-state index in [9.17, 15) is 14.4 Å². The molecule has 0 saturated carbocycles. The van der Waals surface area contributed by atoms with Gasteiger partial charge in [0.2, 0.25) is 0 Å². The Balaban J connectivity index is 1.29. The molecule has 5 aromatic carbocycles. The number of carbonyl (C=O) groups is 3. The zero-order valence-electron chi connectivity index (χ0n) is 21.2. The van der Waals surface area contributed by atoms with Crippen molar-refractivity contribution in [1.82, 2.24) is 10.7 Å². The third-order valence-electron chi connectivity index (χ3n) is 6.25. The largest absolute Gasteiger partial charge is 0.422 e. The van der Waals surface area contributed by atoms with E-state index in [4.69, 9.17) is 4.74 Å². The third-order valence-corrected chi connectivity index (χ3v) is 6.25. The lowest BCUT2D eigenvalue weighted by Gasteiger charge is -2.11. The summed E-state index contributed by atoms with van der Waals surface area (Å²) in [4.78, 5) is 37.9. The second-order valence-corrected chi connectivity index (χ2v) is 8.96. The highest BCUT2D eigenvalue weighted by atomic mass is 16.5. The molecule has 0 unspecified atom stereocenters. The normalized spacial score (nSPS) is 11.0. The maximum Gasteiger partial charge on any atom is 0.343 e. The van der Waals surface area contributed by atoms with Gasteiger partial charge in [0.25, 0.3) is 11.8 Å².